The Morgan fingerprint density at radius 2 is 1.54 bits per heavy atom. The number of amides is 2. The summed E-state index contributed by atoms with van der Waals surface area (Å²) in [6, 6.07) is 19.7. The van der Waals surface area contributed by atoms with E-state index in [9.17, 15) is 9.59 Å². The molecule has 0 spiro atoms. The van der Waals surface area contributed by atoms with Gasteiger partial charge in [-0.2, -0.15) is 0 Å². The fourth-order valence-electron chi connectivity index (χ4n) is 2.58. The lowest BCUT2D eigenvalue weighted by Crippen LogP contribution is -2.27. The quantitative estimate of drug-likeness (QED) is 0.657. The highest BCUT2D eigenvalue weighted by Gasteiger charge is 2.12. The molecule has 0 aliphatic rings. The zero-order chi connectivity index (χ0) is 19.9. The lowest BCUT2D eigenvalue weighted by molar-refractivity contribution is 0.0949. The second-order valence-corrected chi connectivity index (χ2v) is 6.80. The van der Waals surface area contributed by atoms with Gasteiger partial charge in [0, 0.05) is 17.3 Å². The molecule has 0 aliphatic heterocycles. The molecule has 0 aliphatic carbocycles. The van der Waals surface area contributed by atoms with Crippen molar-refractivity contribution < 1.29 is 9.59 Å². The standard InChI is InChI=1S/C22H20ClN3O2/c1-15-5-11-18(12-6-15)25-22(28)20-4-2-3-19(26-20)21(27)24-14-13-16-7-9-17(23)10-8-16/h2-12H,13-14H2,1H3,(H,24,27)(H,25,28). The van der Waals surface area contributed by atoms with Gasteiger partial charge in [-0.1, -0.05) is 47.5 Å². The van der Waals surface area contributed by atoms with Crippen LogP contribution in [-0.4, -0.2) is 23.3 Å². The maximum atomic E-state index is 12.4. The molecule has 2 amide bonds. The van der Waals surface area contributed by atoms with Crippen LogP contribution in [0.1, 0.15) is 32.1 Å². The van der Waals surface area contributed by atoms with Gasteiger partial charge in [0.15, 0.2) is 0 Å². The third-order valence-corrected chi connectivity index (χ3v) is 4.39. The van der Waals surface area contributed by atoms with Crippen LogP contribution in [0.4, 0.5) is 5.69 Å². The van der Waals surface area contributed by atoms with Crippen LogP contribution >= 0.6 is 11.6 Å². The number of aromatic nitrogens is 1. The fourth-order valence-corrected chi connectivity index (χ4v) is 2.71. The Kier molecular flexibility index (Phi) is 6.40. The first-order valence-corrected chi connectivity index (χ1v) is 9.27. The van der Waals surface area contributed by atoms with Gasteiger partial charge in [0.05, 0.1) is 0 Å². The van der Waals surface area contributed by atoms with Crippen molar-refractivity contribution in [2.45, 2.75) is 13.3 Å². The van der Waals surface area contributed by atoms with Crippen LogP contribution < -0.4 is 10.6 Å². The van der Waals surface area contributed by atoms with E-state index in [2.05, 4.69) is 15.6 Å². The number of nitrogens with zero attached hydrogens (tertiary/aromatic N) is 1. The van der Waals surface area contributed by atoms with Gasteiger partial charge in [-0.3, -0.25) is 9.59 Å². The summed E-state index contributed by atoms with van der Waals surface area (Å²) in [5.74, 6) is -0.682. The molecule has 1 heterocycles. The first-order chi connectivity index (χ1) is 13.5. The summed E-state index contributed by atoms with van der Waals surface area (Å²) in [6.07, 6.45) is 0.677. The van der Waals surface area contributed by atoms with Crippen LogP contribution in [0.3, 0.4) is 0 Å². The van der Waals surface area contributed by atoms with Gasteiger partial charge in [-0.05, 0) is 55.3 Å². The number of hydrogen-bond acceptors (Lipinski definition) is 3. The smallest absolute Gasteiger partial charge is 0.274 e. The molecule has 0 bridgehead atoms. The van der Waals surface area contributed by atoms with Crippen LogP contribution in [-0.2, 0) is 6.42 Å². The molecular formula is C22H20ClN3O2. The Hall–Kier alpha value is -3.18. The topological polar surface area (TPSA) is 71.1 Å². The number of hydrogen-bond donors (Lipinski definition) is 2. The van der Waals surface area contributed by atoms with E-state index in [1.165, 1.54) is 0 Å². The molecule has 2 aromatic carbocycles. The molecule has 1 aromatic heterocycles. The highest BCUT2D eigenvalue weighted by Crippen LogP contribution is 2.11. The van der Waals surface area contributed by atoms with E-state index in [0.717, 1.165) is 11.1 Å². The first kappa shape index (κ1) is 19.6. The van der Waals surface area contributed by atoms with E-state index in [-0.39, 0.29) is 23.2 Å². The zero-order valence-electron chi connectivity index (χ0n) is 15.4. The molecule has 2 N–H and O–H groups in total. The number of pyridine rings is 1. The molecule has 28 heavy (non-hydrogen) atoms. The summed E-state index contributed by atoms with van der Waals surface area (Å²) in [5.41, 5.74) is 3.24. The van der Waals surface area contributed by atoms with Crippen LogP contribution in [0, 0.1) is 6.92 Å². The van der Waals surface area contributed by atoms with Crippen molar-refractivity contribution >= 4 is 29.1 Å². The highest BCUT2D eigenvalue weighted by molar-refractivity contribution is 6.30. The average molecular weight is 394 g/mol. The number of anilines is 1. The van der Waals surface area contributed by atoms with Crippen molar-refractivity contribution in [2.24, 2.45) is 0 Å². The SMILES string of the molecule is Cc1ccc(NC(=O)c2cccc(C(=O)NCCc3ccc(Cl)cc3)n2)cc1. The molecule has 3 aromatic rings. The molecular weight excluding hydrogens is 374 g/mol. The third-order valence-electron chi connectivity index (χ3n) is 4.14. The Bertz CT molecular complexity index is 970. The monoisotopic (exact) mass is 393 g/mol. The van der Waals surface area contributed by atoms with Gasteiger partial charge in [-0.15, -0.1) is 0 Å². The van der Waals surface area contributed by atoms with Crippen LogP contribution in [0.15, 0.2) is 66.7 Å². The molecule has 0 fully saturated rings. The second kappa shape index (κ2) is 9.15. The number of carbonyl (C=O) groups excluding carboxylic acids is 2. The van der Waals surface area contributed by atoms with Crippen LogP contribution in [0.5, 0.6) is 0 Å². The molecule has 6 heteroatoms. The van der Waals surface area contributed by atoms with Crippen molar-refractivity contribution in [2.75, 3.05) is 11.9 Å². The normalized spacial score (nSPS) is 10.4. The fraction of sp³-hybridized carbons (Fsp3) is 0.136. The Balaban J connectivity index is 1.58. The lowest BCUT2D eigenvalue weighted by atomic mass is 10.1. The minimum Gasteiger partial charge on any atom is -0.350 e. The number of aryl methyl sites for hydroxylation is 1. The summed E-state index contributed by atoms with van der Waals surface area (Å²) in [4.78, 5) is 28.9. The summed E-state index contributed by atoms with van der Waals surface area (Å²) in [7, 11) is 0. The average Bonchev–Trinajstić information content (AvgIpc) is 2.71. The van der Waals surface area contributed by atoms with Gasteiger partial charge >= 0.3 is 0 Å². The molecule has 5 nitrogen and oxygen atoms in total. The summed E-state index contributed by atoms with van der Waals surface area (Å²) < 4.78 is 0. The van der Waals surface area contributed by atoms with Gasteiger partial charge in [-0.25, -0.2) is 4.98 Å². The summed E-state index contributed by atoms with van der Waals surface area (Å²) in [6.45, 7) is 2.43. The molecule has 3 rings (SSSR count). The van der Waals surface area contributed by atoms with Crippen molar-refractivity contribution in [3.63, 3.8) is 0 Å². The van der Waals surface area contributed by atoms with Crippen molar-refractivity contribution in [1.29, 1.82) is 0 Å². The predicted octanol–water partition coefficient (Wildman–Crippen LogP) is 4.27. The molecule has 0 saturated heterocycles. The number of carbonyl (C=O) groups is 2. The third kappa shape index (κ3) is 5.41. The van der Waals surface area contributed by atoms with E-state index in [1.54, 1.807) is 18.2 Å². The number of benzene rings is 2. The summed E-state index contributed by atoms with van der Waals surface area (Å²) >= 11 is 5.86. The highest BCUT2D eigenvalue weighted by atomic mass is 35.5. The lowest BCUT2D eigenvalue weighted by Gasteiger charge is -2.08. The number of nitrogens with one attached hydrogen (secondary N) is 2. The van der Waals surface area contributed by atoms with Crippen LogP contribution in [0.25, 0.3) is 0 Å². The minimum atomic E-state index is -0.361. The van der Waals surface area contributed by atoms with Gasteiger partial charge in [0.25, 0.3) is 11.8 Å². The van der Waals surface area contributed by atoms with E-state index < -0.39 is 0 Å². The van der Waals surface area contributed by atoms with Crippen molar-refractivity contribution in [3.8, 4) is 0 Å². The van der Waals surface area contributed by atoms with E-state index in [4.69, 9.17) is 11.6 Å². The number of halogens is 1. The molecule has 0 radical (unpaired) electrons. The van der Waals surface area contributed by atoms with Crippen molar-refractivity contribution in [1.82, 2.24) is 10.3 Å². The first-order valence-electron chi connectivity index (χ1n) is 8.89. The molecule has 142 valence electrons. The van der Waals surface area contributed by atoms with Gasteiger partial charge in [0.2, 0.25) is 0 Å². The van der Waals surface area contributed by atoms with E-state index in [0.29, 0.717) is 23.7 Å². The Morgan fingerprint density at radius 1 is 0.893 bits per heavy atom. The maximum absolute atomic E-state index is 12.4. The minimum absolute atomic E-state index is 0.186. The number of rotatable bonds is 6. The summed E-state index contributed by atoms with van der Waals surface area (Å²) in [5, 5.41) is 6.27. The van der Waals surface area contributed by atoms with Gasteiger partial charge < -0.3 is 10.6 Å². The van der Waals surface area contributed by atoms with Crippen LogP contribution in [0.2, 0.25) is 5.02 Å². The van der Waals surface area contributed by atoms with Gasteiger partial charge in [0.1, 0.15) is 11.4 Å². The second-order valence-electron chi connectivity index (χ2n) is 6.36. The predicted molar refractivity (Wildman–Crippen MR) is 111 cm³/mol. The van der Waals surface area contributed by atoms with Crippen molar-refractivity contribution in [3.05, 3.63) is 94.3 Å². The molecule has 0 unspecified atom stereocenters. The maximum Gasteiger partial charge on any atom is 0.274 e. The largest absolute Gasteiger partial charge is 0.350 e. The molecule has 0 saturated carbocycles. The van der Waals surface area contributed by atoms with E-state index in [1.807, 2.05) is 55.5 Å². The Morgan fingerprint density at radius 3 is 2.21 bits per heavy atom. The zero-order valence-corrected chi connectivity index (χ0v) is 16.2. The Labute approximate surface area is 168 Å². The molecule has 0 atom stereocenters. The van der Waals surface area contributed by atoms with E-state index >= 15 is 0 Å².